The smallest absolute Gasteiger partial charge is 0.314 e. The van der Waals surface area contributed by atoms with E-state index in [0.29, 0.717) is 31.3 Å². The van der Waals surface area contributed by atoms with Crippen molar-refractivity contribution in [3.05, 3.63) is 34.9 Å². The van der Waals surface area contributed by atoms with Gasteiger partial charge < -0.3 is 15.0 Å². The van der Waals surface area contributed by atoms with Gasteiger partial charge in [0.05, 0.1) is 19.7 Å². The first-order valence-corrected chi connectivity index (χ1v) is 8.48. The van der Waals surface area contributed by atoms with Crippen molar-refractivity contribution in [2.24, 2.45) is 5.92 Å². The first-order valence-electron chi connectivity index (χ1n) is 8.10. The van der Waals surface area contributed by atoms with Crippen LogP contribution in [-0.2, 0) is 20.9 Å². The van der Waals surface area contributed by atoms with Crippen molar-refractivity contribution < 1.29 is 19.2 Å². The summed E-state index contributed by atoms with van der Waals surface area (Å²) in [6.45, 7) is 4.59. The molecule has 0 aromatic heterocycles. The Hall–Kier alpha value is -1.59. The number of amides is 1. The largest absolute Gasteiger partial charge is 0.466 e. The Morgan fingerprint density at radius 3 is 2.91 bits per heavy atom. The minimum absolute atomic E-state index is 0.0237. The van der Waals surface area contributed by atoms with Gasteiger partial charge in [-0.3, -0.25) is 9.59 Å². The SMILES string of the molecule is CCOC(=O)[C@H]1CCC[NH+](CC(=O)NCc2ccccc2Cl)C1. The first kappa shape index (κ1) is 17.8. The van der Waals surface area contributed by atoms with Crippen LogP contribution in [0.1, 0.15) is 25.3 Å². The second-order valence-corrected chi connectivity index (χ2v) is 6.25. The van der Waals surface area contributed by atoms with E-state index in [0.717, 1.165) is 29.8 Å². The Morgan fingerprint density at radius 1 is 1.39 bits per heavy atom. The number of rotatable bonds is 6. The molecule has 0 radical (unpaired) electrons. The van der Waals surface area contributed by atoms with Gasteiger partial charge in [-0.25, -0.2) is 0 Å². The third-order valence-corrected chi connectivity index (χ3v) is 4.45. The molecule has 2 N–H and O–H groups in total. The molecular formula is C17H24ClN2O3+. The summed E-state index contributed by atoms with van der Waals surface area (Å²) in [7, 11) is 0. The van der Waals surface area contributed by atoms with Gasteiger partial charge in [-0.15, -0.1) is 0 Å². The summed E-state index contributed by atoms with van der Waals surface area (Å²) in [6, 6.07) is 7.46. The molecule has 1 aromatic carbocycles. The summed E-state index contributed by atoms with van der Waals surface area (Å²) in [6.07, 6.45) is 1.79. The molecule has 0 aliphatic carbocycles. The lowest BCUT2D eigenvalue weighted by molar-refractivity contribution is -0.899. The van der Waals surface area contributed by atoms with Gasteiger partial charge in [-0.2, -0.15) is 0 Å². The van der Waals surface area contributed by atoms with E-state index in [1.807, 2.05) is 31.2 Å². The lowest BCUT2D eigenvalue weighted by atomic mass is 9.98. The molecule has 1 aromatic rings. The van der Waals surface area contributed by atoms with Gasteiger partial charge in [0.2, 0.25) is 0 Å². The summed E-state index contributed by atoms with van der Waals surface area (Å²) < 4.78 is 5.09. The van der Waals surface area contributed by atoms with Crippen molar-refractivity contribution in [1.29, 1.82) is 0 Å². The van der Waals surface area contributed by atoms with Crippen LogP contribution in [0.4, 0.5) is 0 Å². The normalized spacial score (nSPS) is 20.8. The van der Waals surface area contributed by atoms with Crippen molar-refractivity contribution in [3.63, 3.8) is 0 Å². The van der Waals surface area contributed by atoms with Crippen molar-refractivity contribution in [3.8, 4) is 0 Å². The van der Waals surface area contributed by atoms with E-state index in [1.54, 1.807) is 0 Å². The third-order valence-electron chi connectivity index (χ3n) is 4.08. The second-order valence-electron chi connectivity index (χ2n) is 5.84. The second kappa shape index (κ2) is 8.89. The maximum Gasteiger partial charge on any atom is 0.314 e. The van der Waals surface area contributed by atoms with Crippen LogP contribution < -0.4 is 10.2 Å². The minimum Gasteiger partial charge on any atom is -0.466 e. The number of benzene rings is 1. The maximum atomic E-state index is 12.1. The molecule has 1 heterocycles. The average Bonchev–Trinajstić information content (AvgIpc) is 2.54. The van der Waals surface area contributed by atoms with Crippen LogP contribution in [0, 0.1) is 5.92 Å². The number of esters is 1. The highest BCUT2D eigenvalue weighted by molar-refractivity contribution is 6.31. The van der Waals surface area contributed by atoms with Crippen LogP contribution >= 0.6 is 11.6 Å². The molecule has 0 bridgehead atoms. The molecule has 126 valence electrons. The monoisotopic (exact) mass is 339 g/mol. The predicted molar refractivity (Wildman–Crippen MR) is 88.2 cm³/mol. The Kier molecular flexibility index (Phi) is 6.86. The van der Waals surface area contributed by atoms with E-state index in [2.05, 4.69) is 5.32 Å². The number of hydrogen-bond acceptors (Lipinski definition) is 3. The Morgan fingerprint density at radius 2 is 2.17 bits per heavy atom. The number of carbonyl (C=O) groups is 2. The zero-order valence-corrected chi connectivity index (χ0v) is 14.2. The molecule has 23 heavy (non-hydrogen) atoms. The summed E-state index contributed by atoms with van der Waals surface area (Å²) in [5.41, 5.74) is 0.903. The van der Waals surface area contributed by atoms with Gasteiger partial charge in [-0.05, 0) is 31.4 Å². The van der Waals surface area contributed by atoms with Crippen LogP contribution in [0.5, 0.6) is 0 Å². The summed E-state index contributed by atoms with van der Waals surface area (Å²) in [5.74, 6) is -0.249. The highest BCUT2D eigenvalue weighted by Crippen LogP contribution is 2.14. The van der Waals surface area contributed by atoms with Gasteiger partial charge in [0, 0.05) is 11.6 Å². The molecule has 1 saturated heterocycles. The highest BCUT2D eigenvalue weighted by atomic mass is 35.5. The molecule has 2 rings (SSSR count). The zero-order valence-electron chi connectivity index (χ0n) is 13.4. The molecule has 2 atom stereocenters. The fourth-order valence-electron chi connectivity index (χ4n) is 2.90. The number of nitrogens with one attached hydrogen (secondary N) is 2. The molecule has 6 heteroatoms. The van der Waals surface area contributed by atoms with Gasteiger partial charge in [-0.1, -0.05) is 29.8 Å². The number of carbonyl (C=O) groups excluding carboxylic acids is 2. The summed E-state index contributed by atoms with van der Waals surface area (Å²) in [4.78, 5) is 25.1. The number of piperidine rings is 1. The molecule has 0 spiro atoms. The van der Waals surface area contributed by atoms with Crippen molar-refractivity contribution in [2.75, 3.05) is 26.2 Å². The lowest BCUT2D eigenvalue weighted by Crippen LogP contribution is -3.14. The van der Waals surface area contributed by atoms with Crippen LogP contribution in [0.2, 0.25) is 5.02 Å². The Labute approximate surface area is 141 Å². The minimum atomic E-state index is -0.138. The highest BCUT2D eigenvalue weighted by Gasteiger charge is 2.30. The fraction of sp³-hybridized carbons (Fsp3) is 0.529. The van der Waals surface area contributed by atoms with Crippen LogP contribution in [-0.4, -0.2) is 38.1 Å². The summed E-state index contributed by atoms with van der Waals surface area (Å²) >= 11 is 6.08. The van der Waals surface area contributed by atoms with Gasteiger partial charge in [0.25, 0.3) is 5.91 Å². The van der Waals surface area contributed by atoms with Gasteiger partial charge in [0.15, 0.2) is 6.54 Å². The van der Waals surface area contributed by atoms with Crippen molar-refractivity contribution in [1.82, 2.24) is 5.32 Å². The third kappa shape index (κ3) is 5.52. The quantitative estimate of drug-likeness (QED) is 0.754. The average molecular weight is 340 g/mol. The van der Waals surface area contributed by atoms with Crippen LogP contribution in [0.3, 0.4) is 0 Å². The van der Waals surface area contributed by atoms with E-state index in [9.17, 15) is 9.59 Å². The standard InChI is InChI=1S/C17H23ClN2O3/c1-2-23-17(22)14-7-5-9-20(11-14)12-16(21)19-10-13-6-3-4-8-15(13)18/h3-4,6,8,14H,2,5,7,9-12H2,1H3,(H,19,21)/p+1/t14-/m0/s1. The number of halogens is 1. The number of likely N-dealkylation sites (tertiary alicyclic amines) is 1. The predicted octanol–water partition coefficient (Wildman–Crippen LogP) is 0.814. The molecule has 1 amide bonds. The molecule has 0 saturated carbocycles. The number of ether oxygens (including phenoxy) is 1. The summed E-state index contributed by atoms with van der Waals surface area (Å²) in [5, 5.41) is 3.55. The number of quaternary nitrogens is 1. The van der Waals surface area contributed by atoms with Gasteiger partial charge in [0.1, 0.15) is 5.92 Å². The van der Waals surface area contributed by atoms with Crippen molar-refractivity contribution >= 4 is 23.5 Å². The molecule has 5 nitrogen and oxygen atoms in total. The topological polar surface area (TPSA) is 59.8 Å². The lowest BCUT2D eigenvalue weighted by Gasteiger charge is -2.28. The first-order chi connectivity index (χ1) is 11.1. The van der Waals surface area contributed by atoms with E-state index in [-0.39, 0.29) is 17.8 Å². The molecule has 1 unspecified atom stereocenters. The molecule has 1 fully saturated rings. The van der Waals surface area contributed by atoms with E-state index in [4.69, 9.17) is 16.3 Å². The number of hydrogen-bond donors (Lipinski definition) is 2. The van der Waals surface area contributed by atoms with Gasteiger partial charge >= 0.3 is 5.97 Å². The Balaban J connectivity index is 1.78. The van der Waals surface area contributed by atoms with E-state index in [1.165, 1.54) is 0 Å². The zero-order chi connectivity index (χ0) is 16.7. The fourth-order valence-corrected chi connectivity index (χ4v) is 3.10. The van der Waals surface area contributed by atoms with E-state index < -0.39 is 0 Å². The molecular weight excluding hydrogens is 316 g/mol. The maximum absolute atomic E-state index is 12.1. The Bertz CT molecular complexity index is 550. The van der Waals surface area contributed by atoms with E-state index >= 15 is 0 Å². The molecule has 1 aliphatic rings. The van der Waals surface area contributed by atoms with Crippen LogP contribution in [0.15, 0.2) is 24.3 Å². The van der Waals surface area contributed by atoms with Crippen LogP contribution in [0.25, 0.3) is 0 Å². The van der Waals surface area contributed by atoms with Crippen molar-refractivity contribution in [2.45, 2.75) is 26.3 Å². The molecule has 1 aliphatic heterocycles.